The van der Waals surface area contributed by atoms with Gasteiger partial charge < -0.3 is 15.4 Å². The van der Waals surface area contributed by atoms with Gasteiger partial charge in [-0.3, -0.25) is 4.79 Å². The quantitative estimate of drug-likeness (QED) is 0.381. The van der Waals surface area contributed by atoms with Gasteiger partial charge in [-0.25, -0.2) is 0 Å². The first-order valence-corrected chi connectivity index (χ1v) is 10.4. The first kappa shape index (κ1) is 22.0. The zero-order valence-corrected chi connectivity index (χ0v) is 17.7. The van der Waals surface area contributed by atoms with Crippen LogP contribution >= 0.6 is 0 Å². The number of nitrogens with one attached hydrogen (secondary N) is 2. The van der Waals surface area contributed by atoms with Crippen LogP contribution in [-0.2, 0) is 6.42 Å². The van der Waals surface area contributed by atoms with Gasteiger partial charge in [0.05, 0.1) is 12.2 Å². The first-order chi connectivity index (χ1) is 13.6. The molecule has 0 heterocycles. The van der Waals surface area contributed by atoms with Crippen LogP contribution in [0, 0.1) is 0 Å². The van der Waals surface area contributed by atoms with E-state index in [9.17, 15) is 4.79 Å². The fourth-order valence-corrected chi connectivity index (χ4v) is 3.38. The summed E-state index contributed by atoms with van der Waals surface area (Å²) in [7, 11) is 0. The van der Waals surface area contributed by atoms with Gasteiger partial charge in [-0.1, -0.05) is 30.3 Å². The summed E-state index contributed by atoms with van der Waals surface area (Å²) in [5.74, 6) is 0.689. The minimum absolute atomic E-state index is 0.0208. The van der Waals surface area contributed by atoms with Gasteiger partial charge in [0.1, 0.15) is 5.75 Å². The van der Waals surface area contributed by atoms with Crippen LogP contribution in [0.4, 0.5) is 5.69 Å². The molecule has 4 nitrogen and oxygen atoms in total. The van der Waals surface area contributed by atoms with Gasteiger partial charge in [-0.05, 0) is 76.8 Å². The maximum Gasteiger partial charge on any atom is 0.165 e. The molecule has 1 atom stereocenters. The van der Waals surface area contributed by atoms with Crippen LogP contribution in [0.2, 0.25) is 0 Å². The summed E-state index contributed by atoms with van der Waals surface area (Å²) >= 11 is 0. The van der Waals surface area contributed by atoms with Gasteiger partial charge in [-0.15, -0.1) is 0 Å². The highest BCUT2D eigenvalue weighted by molar-refractivity contribution is 6.02. The number of carbonyl (C=O) groups is 1. The molecule has 1 unspecified atom stereocenters. The van der Waals surface area contributed by atoms with E-state index in [1.165, 1.54) is 12.0 Å². The molecule has 0 amide bonds. The van der Waals surface area contributed by atoms with Crippen molar-refractivity contribution in [1.82, 2.24) is 5.32 Å². The van der Waals surface area contributed by atoms with Crippen molar-refractivity contribution in [3.8, 4) is 5.75 Å². The van der Waals surface area contributed by atoms with E-state index in [4.69, 9.17) is 4.74 Å². The smallest absolute Gasteiger partial charge is 0.165 e. The fraction of sp³-hybridized carbons (Fsp3) is 0.458. The van der Waals surface area contributed by atoms with Crippen LogP contribution in [0.5, 0.6) is 5.75 Å². The molecule has 4 heteroatoms. The van der Waals surface area contributed by atoms with Crippen LogP contribution < -0.4 is 15.4 Å². The molecule has 0 bridgehead atoms. The first-order valence-electron chi connectivity index (χ1n) is 10.4. The van der Waals surface area contributed by atoms with Crippen molar-refractivity contribution >= 4 is 11.5 Å². The highest BCUT2D eigenvalue weighted by Crippen LogP contribution is 2.32. The van der Waals surface area contributed by atoms with Gasteiger partial charge in [0.2, 0.25) is 0 Å². The molecular formula is C24H34N2O2. The zero-order chi connectivity index (χ0) is 20.4. The highest BCUT2D eigenvalue weighted by atomic mass is 16.5. The topological polar surface area (TPSA) is 50.4 Å². The normalized spacial score (nSPS) is 11.9. The maximum absolute atomic E-state index is 12.1. The summed E-state index contributed by atoms with van der Waals surface area (Å²) in [5, 5.41) is 6.92. The Hall–Kier alpha value is -2.33. The number of hydrogen-bond acceptors (Lipinski definition) is 4. The molecule has 2 rings (SSSR count). The predicted molar refractivity (Wildman–Crippen MR) is 118 cm³/mol. The second-order valence-corrected chi connectivity index (χ2v) is 7.08. The van der Waals surface area contributed by atoms with Crippen LogP contribution in [0.15, 0.2) is 42.5 Å². The van der Waals surface area contributed by atoms with Crippen molar-refractivity contribution in [3.05, 3.63) is 59.2 Å². The molecule has 0 saturated carbocycles. The zero-order valence-electron chi connectivity index (χ0n) is 17.7. The van der Waals surface area contributed by atoms with Crippen molar-refractivity contribution in [2.75, 3.05) is 25.0 Å². The number of unbranched alkanes of at least 4 members (excludes halogenated alkanes) is 1. The Kier molecular flexibility index (Phi) is 9.02. The Morgan fingerprint density at radius 2 is 1.86 bits per heavy atom. The Labute approximate surface area is 169 Å². The summed E-state index contributed by atoms with van der Waals surface area (Å²) in [6, 6.07) is 14.9. The third-order valence-electron chi connectivity index (χ3n) is 4.83. The number of Topliss-reactive ketones (excluding diaryl/α,β-unsaturated/α-hetero) is 1. The summed E-state index contributed by atoms with van der Waals surface area (Å²) in [6.07, 6.45) is 3.41. The SMILES string of the molecule is CCNc1cc(C(C)NCCCCc2ccccc2)cc(OCC)c1C(C)=O. The van der Waals surface area contributed by atoms with E-state index in [1.807, 2.05) is 19.9 Å². The molecule has 0 aliphatic carbocycles. The Balaban J connectivity index is 1.99. The van der Waals surface area contributed by atoms with E-state index in [0.29, 0.717) is 17.9 Å². The molecular weight excluding hydrogens is 348 g/mol. The van der Waals surface area contributed by atoms with Crippen molar-refractivity contribution in [3.63, 3.8) is 0 Å². The van der Waals surface area contributed by atoms with Gasteiger partial charge >= 0.3 is 0 Å². The summed E-state index contributed by atoms with van der Waals surface area (Å²) < 4.78 is 5.78. The van der Waals surface area contributed by atoms with E-state index in [0.717, 1.165) is 37.2 Å². The van der Waals surface area contributed by atoms with Crippen molar-refractivity contribution in [2.45, 2.75) is 53.0 Å². The number of carbonyl (C=O) groups excluding carboxylic acids is 1. The highest BCUT2D eigenvalue weighted by Gasteiger charge is 2.18. The molecule has 0 radical (unpaired) electrons. The second-order valence-electron chi connectivity index (χ2n) is 7.08. The molecule has 0 aliphatic heterocycles. The lowest BCUT2D eigenvalue weighted by Crippen LogP contribution is -2.21. The Morgan fingerprint density at radius 1 is 1.11 bits per heavy atom. The Morgan fingerprint density at radius 3 is 2.50 bits per heavy atom. The van der Waals surface area contributed by atoms with Gasteiger partial charge in [-0.2, -0.15) is 0 Å². The van der Waals surface area contributed by atoms with Crippen molar-refractivity contribution in [1.29, 1.82) is 0 Å². The number of rotatable bonds is 12. The molecule has 0 aliphatic rings. The van der Waals surface area contributed by atoms with Crippen LogP contribution in [0.1, 0.15) is 68.1 Å². The van der Waals surface area contributed by atoms with E-state index in [2.05, 4.69) is 54.0 Å². The van der Waals surface area contributed by atoms with Crippen molar-refractivity contribution < 1.29 is 9.53 Å². The minimum Gasteiger partial charge on any atom is -0.493 e. The average Bonchev–Trinajstić information content (AvgIpc) is 2.68. The molecule has 0 saturated heterocycles. The monoisotopic (exact) mass is 382 g/mol. The number of anilines is 1. The predicted octanol–water partition coefficient (Wildman–Crippen LogP) is 5.39. The number of hydrogen-bond donors (Lipinski definition) is 2. The molecule has 2 aromatic rings. The molecule has 152 valence electrons. The number of aryl methyl sites for hydroxylation is 1. The Bertz CT molecular complexity index is 717. The van der Waals surface area contributed by atoms with E-state index >= 15 is 0 Å². The van der Waals surface area contributed by atoms with Crippen LogP contribution in [0.25, 0.3) is 0 Å². The van der Waals surface area contributed by atoms with E-state index in [1.54, 1.807) is 6.92 Å². The van der Waals surface area contributed by atoms with Crippen LogP contribution in [-0.4, -0.2) is 25.5 Å². The van der Waals surface area contributed by atoms with Gasteiger partial charge in [0.15, 0.2) is 5.78 Å². The van der Waals surface area contributed by atoms with Crippen molar-refractivity contribution in [2.24, 2.45) is 0 Å². The average molecular weight is 383 g/mol. The standard InChI is InChI=1S/C24H34N2O2/c1-5-25-22-16-21(17-23(28-6-2)24(22)19(4)27)18(3)26-15-11-10-14-20-12-8-7-9-13-20/h7-9,12-13,16-18,25-26H,5-6,10-11,14-15H2,1-4H3. The number of ketones is 1. The molecule has 0 fully saturated rings. The van der Waals surface area contributed by atoms with E-state index in [-0.39, 0.29) is 11.8 Å². The largest absolute Gasteiger partial charge is 0.493 e. The van der Waals surface area contributed by atoms with Crippen LogP contribution in [0.3, 0.4) is 0 Å². The minimum atomic E-state index is 0.0208. The summed E-state index contributed by atoms with van der Waals surface area (Å²) in [6.45, 7) is 9.98. The molecule has 2 aromatic carbocycles. The number of benzene rings is 2. The molecule has 28 heavy (non-hydrogen) atoms. The lowest BCUT2D eigenvalue weighted by Gasteiger charge is -2.20. The van der Waals surface area contributed by atoms with Gasteiger partial charge in [0.25, 0.3) is 0 Å². The number of ether oxygens (including phenoxy) is 1. The fourth-order valence-electron chi connectivity index (χ4n) is 3.38. The molecule has 0 spiro atoms. The molecule has 2 N–H and O–H groups in total. The second kappa shape index (κ2) is 11.5. The summed E-state index contributed by atoms with van der Waals surface area (Å²) in [4.78, 5) is 12.1. The third kappa shape index (κ3) is 6.38. The lowest BCUT2D eigenvalue weighted by atomic mass is 10.00. The van der Waals surface area contributed by atoms with E-state index < -0.39 is 0 Å². The third-order valence-corrected chi connectivity index (χ3v) is 4.83. The molecule has 0 aromatic heterocycles. The van der Waals surface area contributed by atoms with Gasteiger partial charge in [0, 0.05) is 18.3 Å². The maximum atomic E-state index is 12.1. The summed E-state index contributed by atoms with van der Waals surface area (Å²) in [5.41, 5.74) is 4.02. The lowest BCUT2D eigenvalue weighted by molar-refractivity contribution is 0.101.